The molecule has 1 aromatic carbocycles. The van der Waals surface area contributed by atoms with Crippen molar-refractivity contribution in [3.63, 3.8) is 0 Å². The molecule has 1 rings (SSSR count). The molecule has 0 aliphatic heterocycles. The monoisotopic (exact) mass is 244 g/mol. The van der Waals surface area contributed by atoms with Crippen molar-refractivity contribution in [2.45, 2.75) is 26.9 Å². The average molecular weight is 244 g/mol. The smallest absolute Gasteiger partial charge is 0.387 e. The van der Waals surface area contributed by atoms with Crippen LogP contribution in [0.1, 0.15) is 19.4 Å². The van der Waals surface area contributed by atoms with E-state index in [1.807, 2.05) is 0 Å². The Morgan fingerprint density at radius 2 is 2.12 bits per heavy atom. The second kappa shape index (κ2) is 5.12. The maximum atomic E-state index is 12.0. The maximum Gasteiger partial charge on any atom is 0.387 e. The third-order valence-corrected chi connectivity index (χ3v) is 2.35. The molecule has 17 heavy (non-hydrogen) atoms. The van der Waals surface area contributed by atoms with Crippen LogP contribution in [0.2, 0.25) is 0 Å². The summed E-state index contributed by atoms with van der Waals surface area (Å²) in [5, 5.41) is 8.97. The van der Waals surface area contributed by atoms with Gasteiger partial charge in [-0.25, -0.2) is 0 Å². The van der Waals surface area contributed by atoms with Gasteiger partial charge in [0.15, 0.2) is 0 Å². The van der Waals surface area contributed by atoms with Gasteiger partial charge in [-0.3, -0.25) is 4.79 Å². The molecule has 0 saturated carbocycles. The van der Waals surface area contributed by atoms with E-state index in [1.54, 1.807) is 26.0 Å². The Morgan fingerprint density at radius 1 is 1.47 bits per heavy atom. The molecule has 5 heteroatoms. The number of rotatable bonds is 5. The molecule has 0 amide bonds. The molecule has 1 N–H and O–H groups in total. The highest BCUT2D eigenvalue weighted by molar-refractivity contribution is 5.74. The van der Waals surface area contributed by atoms with Crippen LogP contribution in [0, 0.1) is 5.41 Å². The van der Waals surface area contributed by atoms with Gasteiger partial charge in [0.05, 0.1) is 5.41 Å². The molecule has 0 saturated heterocycles. The largest absolute Gasteiger partial charge is 0.481 e. The molecule has 0 bridgehead atoms. The first-order valence-corrected chi connectivity index (χ1v) is 5.08. The zero-order chi connectivity index (χ0) is 13.1. The van der Waals surface area contributed by atoms with Crippen LogP contribution in [0.5, 0.6) is 5.75 Å². The summed E-state index contributed by atoms with van der Waals surface area (Å²) in [6.45, 7) is 0.282. The molecule has 0 spiro atoms. The molecule has 3 nitrogen and oxygen atoms in total. The second-order valence-corrected chi connectivity index (χ2v) is 4.39. The molecule has 0 aliphatic carbocycles. The fourth-order valence-corrected chi connectivity index (χ4v) is 1.42. The fraction of sp³-hybridized carbons (Fsp3) is 0.417. The minimum atomic E-state index is -2.88. The number of benzene rings is 1. The van der Waals surface area contributed by atoms with Crippen molar-refractivity contribution in [1.82, 2.24) is 0 Å². The van der Waals surface area contributed by atoms with E-state index >= 15 is 0 Å². The molecule has 0 fully saturated rings. The van der Waals surface area contributed by atoms with Crippen molar-refractivity contribution < 1.29 is 23.4 Å². The summed E-state index contributed by atoms with van der Waals surface area (Å²) in [5.41, 5.74) is -0.292. The van der Waals surface area contributed by atoms with Gasteiger partial charge in [0.25, 0.3) is 0 Å². The van der Waals surface area contributed by atoms with Crippen LogP contribution >= 0.6 is 0 Å². The van der Waals surface area contributed by atoms with E-state index in [4.69, 9.17) is 5.11 Å². The van der Waals surface area contributed by atoms with E-state index < -0.39 is 18.0 Å². The number of ether oxygens (including phenoxy) is 1. The van der Waals surface area contributed by atoms with Crippen molar-refractivity contribution in [2.24, 2.45) is 5.41 Å². The standard InChI is InChI=1S/C12H14F2O3/c1-12(2,10(15)16)7-8-4-3-5-9(6-8)17-11(13)14/h3-6,11H,7H2,1-2H3,(H,15,16). The molecule has 0 heterocycles. The Morgan fingerprint density at radius 3 is 2.65 bits per heavy atom. The normalized spacial score (nSPS) is 11.6. The van der Waals surface area contributed by atoms with Crippen LogP contribution in [0.15, 0.2) is 24.3 Å². The van der Waals surface area contributed by atoms with Gasteiger partial charge in [-0.05, 0) is 38.0 Å². The fourth-order valence-electron chi connectivity index (χ4n) is 1.42. The van der Waals surface area contributed by atoms with Crippen molar-refractivity contribution >= 4 is 5.97 Å². The lowest BCUT2D eigenvalue weighted by molar-refractivity contribution is -0.146. The summed E-state index contributed by atoms with van der Waals surface area (Å²) >= 11 is 0. The number of aliphatic carboxylic acids is 1. The van der Waals surface area contributed by atoms with Crippen LogP contribution < -0.4 is 4.74 Å². The predicted molar refractivity (Wildman–Crippen MR) is 58.2 cm³/mol. The average Bonchev–Trinajstić information content (AvgIpc) is 2.15. The van der Waals surface area contributed by atoms with Crippen molar-refractivity contribution in [1.29, 1.82) is 0 Å². The first-order chi connectivity index (χ1) is 7.81. The summed E-state index contributed by atoms with van der Waals surface area (Å²) < 4.78 is 28.3. The highest BCUT2D eigenvalue weighted by atomic mass is 19.3. The SMILES string of the molecule is CC(C)(Cc1cccc(OC(F)F)c1)C(=O)O. The summed E-state index contributed by atoms with van der Waals surface area (Å²) in [6, 6.07) is 6.08. The molecule has 0 radical (unpaired) electrons. The Bertz CT molecular complexity index is 402. The summed E-state index contributed by atoms with van der Waals surface area (Å²) in [4.78, 5) is 10.9. The Labute approximate surface area is 98.0 Å². The minimum absolute atomic E-state index is 0.0405. The summed E-state index contributed by atoms with van der Waals surface area (Å²) in [7, 11) is 0. The van der Waals surface area contributed by atoms with E-state index in [2.05, 4.69) is 4.74 Å². The summed E-state index contributed by atoms with van der Waals surface area (Å²) in [5.74, 6) is -0.892. The first-order valence-electron chi connectivity index (χ1n) is 5.08. The highest BCUT2D eigenvalue weighted by Gasteiger charge is 2.27. The van der Waals surface area contributed by atoms with Gasteiger partial charge < -0.3 is 9.84 Å². The molecule has 0 aliphatic rings. The number of alkyl halides is 2. The predicted octanol–water partition coefficient (Wildman–Crippen LogP) is 2.94. The Balaban J connectivity index is 2.82. The quantitative estimate of drug-likeness (QED) is 0.866. The van der Waals surface area contributed by atoms with Crippen LogP contribution in [0.4, 0.5) is 8.78 Å². The molecule has 0 unspecified atom stereocenters. The number of carboxylic acid groups (broad SMARTS) is 1. The van der Waals surface area contributed by atoms with Crippen LogP contribution in [-0.2, 0) is 11.2 Å². The third kappa shape index (κ3) is 4.01. The molecule has 0 aromatic heterocycles. The van der Waals surface area contributed by atoms with E-state index in [-0.39, 0.29) is 12.2 Å². The van der Waals surface area contributed by atoms with Crippen molar-refractivity contribution in [2.75, 3.05) is 0 Å². The van der Waals surface area contributed by atoms with Crippen LogP contribution in [0.25, 0.3) is 0 Å². The van der Waals surface area contributed by atoms with E-state index in [0.29, 0.717) is 5.56 Å². The topological polar surface area (TPSA) is 46.5 Å². The van der Waals surface area contributed by atoms with Gasteiger partial charge in [-0.2, -0.15) is 8.78 Å². The van der Waals surface area contributed by atoms with Crippen LogP contribution in [0.3, 0.4) is 0 Å². The van der Waals surface area contributed by atoms with Gasteiger partial charge in [-0.15, -0.1) is 0 Å². The molecular formula is C12H14F2O3. The van der Waals surface area contributed by atoms with Crippen molar-refractivity contribution in [3.8, 4) is 5.75 Å². The van der Waals surface area contributed by atoms with Gasteiger partial charge in [0.2, 0.25) is 0 Å². The number of hydrogen-bond acceptors (Lipinski definition) is 2. The molecule has 0 atom stereocenters. The number of hydrogen-bond donors (Lipinski definition) is 1. The minimum Gasteiger partial charge on any atom is -0.481 e. The first kappa shape index (κ1) is 13.4. The third-order valence-electron chi connectivity index (χ3n) is 2.35. The second-order valence-electron chi connectivity index (χ2n) is 4.39. The summed E-state index contributed by atoms with van der Waals surface area (Å²) in [6.07, 6.45) is 0.253. The van der Waals surface area contributed by atoms with E-state index in [9.17, 15) is 13.6 Å². The molecular weight excluding hydrogens is 230 g/mol. The number of halogens is 2. The number of carbonyl (C=O) groups is 1. The lowest BCUT2D eigenvalue weighted by Gasteiger charge is -2.19. The number of carboxylic acids is 1. The zero-order valence-electron chi connectivity index (χ0n) is 9.61. The van der Waals surface area contributed by atoms with Gasteiger partial charge in [0.1, 0.15) is 5.75 Å². The van der Waals surface area contributed by atoms with Gasteiger partial charge >= 0.3 is 12.6 Å². The van der Waals surface area contributed by atoms with Gasteiger partial charge in [0, 0.05) is 0 Å². The van der Waals surface area contributed by atoms with Crippen molar-refractivity contribution in [3.05, 3.63) is 29.8 Å². The van der Waals surface area contributed by atoms with E-state index in [0.717, 1.165) is 0 Å². The molecule has 94 valence electrons. The zero-order valence-corrected chi connectivity index (χ0v) is 9.61. The van der Waals surface area contributed by atoms with Gasteiger partial charge in [-0.1, -0.05) is 12.1 Å². The maximum absolute atomic E-state index is 12.0. The lowest BCUT2D eigenvalue weighted by atomic mass is 9.86. The van der Waals surface area contributed by atoms with E-state index in [1.165, 1.54) is 12.1 Å². The highest BCUT2D eigenvalue weighted by Crippen LogP contribution is 2.24. The Kier molecular flexibility index (Phi) is 4.04. The Hall–Kier alpha value is -1.65. The van der Waals surface area contributed by atoms with Crippen LogP contribution in [-0.4, -0.2) is 17.7 Å². The lowest BCUT2D eigenvalue weighted by Crippen LogP contribution is -2.26. The molecule has 1 aromatic rings.